The van der Waals surface area contributed by atoms with E-state index >= 15 is 0 Å². The van der Waals surface area contributed by atoms with Crippen molar-refractivity contribution in [1.82, 2.24) is 4.90 Å². The lowest BCUT2D eigenvalue weighted by Gasteiger charge is -1.97. The van der Waals surface area contributed by atoms with Crippen LogP contribution in [0.15, 0.2) is 0 Å². The smallest absolute Gasteiger partial charge is 0.0431 e. The van der Waals surface area contributed by atoms with E-state index in [1.807, 2.05) is 26.0 Å². The Labute approximate surface area is 90.3 Å². The van der Waals surface area contributed by atoms with E-state index in [2.05, 4.69) is 6.92 Å². The first-order valence-electron chi connectivity index (χ1n) is 5.86. The lowest BCUT2D eigenvalue weighted by molar-refractivity contribution is 0.282. The maximum Gasteiger partial charge on any atom is 0.0431 e. The number of nitrogens with zero attached hydrogens (tertiary/aromatic N) is 1. The van der Waals surface area contributed by atoms with E-state index in [0.717, 1.165) is 6.42 Å². The molecule has 0 amide bonds. The number of aliphatic hydroxyl groups excluding tert-OH is 1. The Morgan fingerprint density at radius 1 is 0.786 bits per heavy atom. The van der Waals surface area contributed by atoms with Gasteiger partial charge < -0.3 is 10.0 Å². The van der Waals surface area contributed by atoms with Crippen LogP contribution in [0.3, 0.4) is 0 Å². The Kier molecular flexibility index (Phi) is 18.0. The van der Waals surface area contributed by atoms with Crippen LogP contribution in [-0.4, -0.2) is 37.8 Å². The molecule has 0 bridgehead atoms. The molecule has 0 aliphatic heterocycles. The number of unbranched alkanes of at least 4 members (excludes halogenated alkanes) is 6. The van der Waals surface area contributed by atoms with Gasteiger partial charge in [0, 0.05) is 6.61 Å². The molecule has 14 heavy (non-hydrogen) atoms. The van der Waals surface area contributed by atoms with Gasteiger partial charge in [0.05, 0.1) is 0 Å². The second kappa shape index (κ2) is 15.4. The van der Waals surface area contributed by atoms with Crippen LogP contribution in [0.25, 0.3) is 0 Å². The van der Waals surface area contributed by atoms with Crippen molar-refractivity contribution < 1.29 is 5.11 Å². The van der Waals surface area contributed by atoms with Crippen LogP contribution in [0.5, 0.6) is 0 Å². The van der Waals surface area contributed by atoms with Crippen LogP contribution in [0.1, 0.15) is 51.9 Å². The standard InChI is InChI=1S/C9H20O.C3H9N/c1-2-3-4-5-6-7-8-9-10;1-4(2)3/h10H,2-9H2,1H3;1-3H3. The third-order valence-electron chi connectivity index (χ3n) is 1.76. The molecule has 1 N–H and O–H groups in total. The Balaban J connectivity index is 0. The van der Waals surface area contributed by atoms with Crippen molar-refractivity contribution in [1.29, 1.82) is 0 Å². The molecule has 0 rings (SSSR count). The van der Waals surface area contributed by atoms with E-state index in [1.54, 1.807) is 0 Å². The summed E-state index contributed by atoms with van der Waals surface area (Å²) in [4.78, 5) is 2.00. The summed E-state index contributed by atoms with van der Waals surface area (Å²) in [6.07, 6.45) is 8.93. The molecule has 0 atom stereocenters. The van der Waals surface area contributed by atoms with Crippen LogP contribution in [0.2, 0.25) is 0 Å². The molecule has 2 nitrogen and oxygen atoms in total. The van der Waals surface area contributed by atoms with Crippen LogP contribution < -0.4 is 0 Å². The van der Waals surface area contributed by atoms with Gasteiger partial charge in [-0.1, -0.05) is 45.4 Å². The van der Waals surface area contributed by atoms with Crippen molar-refractivity contribution in [2.24, 2.45) is 0 Å². The number of rotatable bonds is 7. The summed E-state index contributed by atoms with van der Waals surface area (Å²) < 4.78 is 0. The molecule has 0 saturated heterocycles. The minimum atomic E-state index is 0.369. The number of aliphatic hydroxyl groups is 1. The fourth-order valence-corrected chi connectivity index (χ4v) is 1.07. The third-order valence-corrected chi connectivity index (χ3v) is 1.76. The monoisotopic (exact) mass is 203 g/mol. The summed E-state index contributed by atoms with van der Waals surface area (Å²) >= 11 is 0. The van der Waals surface area contributed by atoms with Gasteiger partial charge in [-0.2, -0.15) is 0 Å². The van der Waals surface area contributed by atoms with Gasteiger partial charge in [0.15, 0.2) is 0 Å². The van der Waals surface area contributed by atoms with Crippen LogP contribution in [0, 0.1) is 0 Å². The zero-order valence-electron chi connectivity index (χ0n) is 10.6. The summed E-state index contributed by atoms with van der Waals surface area (Å²) in [5.74, 6) is 0. The molecular formula is C12H29NO. The molecule has 0 spiro atoms. The minimum Gasteiger partial charge on any atom is -0.396 e. The first kappa shape index (κ1) is 16.4. The van der Waals surface area contributed by atoms with E-state index in [-0.39, 0.29) is 0 Å². The first-order chi connectivity index (χ1) is 6.65. The topological polar surface area (TPSA) is 23.5 Å². The molecule has 0 fully saturated rings. The zero-order chi connectivity index (χ0) is 11.2. The zero-order valence-corrected chi connectivity index (χ0v) is 10.6. The molecule has 0 unspecified atom stereocenters. The lowest BCUT2D eigenvalue weighted by Crippen LogP contribution is -1.99. The van der Waals surface area contributed by atoms with Crippen LogP contribution in [0.4, 0.5) is 0 Å². The van der Waals surface area contributed by atoms with Gasteiger partial charge in [-0.25, -0.2) is 0 Å². The van der Waals surface area contributed by atoms with E-state index < -0.39 is 0 Å². The van der Waals surface area contributed by atoms with Crippen molar-refractivity contribution >= 4 is 0 Å². The van der Waals surface area contributed by atoms with Crippen molar-refractivity contribution in [3.8, 4) is 0 Å². The largest absolute Gasteiger partial charge is 0.396 e. The summed E-state index contributed by atoms with van der Waals surface area (Å²) in [6.45, 7) is 2.60. The van der Waals surface area contributed by atoms with Crippen LogP contribution in [-0.2, 0) is 0 Å². The Hall–Kier alpha value is -0.0800. The van der Waals surface area contributed by atoms with Crippen molar-refractivity contribution in [3.05, 3.63) is 0 Å². The number of hydrogen-bond acceptors (Lipinski definition) is 2. The molecule has 0 aliphatic rings. The van der Waals surface area contributed by atoms with E-state index in [9.17, 15) is 0 Å². The summed E-state index contributed by atoms with van der Waals surface area (Å²) in [7, 11) is 6.00. The number of hydrogen-bond donors (Lipinski definition) is 1. The van der Waals surface area contributed by atoms with Gasteiger partial charge >= 0.3 is 0 Å². The van der Waals surface area contributed by atoms with Gasteiger partial charge in [-0.3, -0.25) is 0 Å². The average molecular weight is 203 g/mol. The van der Waals surface area contributed by atoms with Gasteiger partial charge in [0.2, 0.25) is 0 Å². The molecule has 88 valence electrons. The Morgan fingerprint density at radius 3 is 1.50 bits per heavy atom. The van der Waals surface area contributed by atoms with Gasteiger partial charge in [-0.05, 0) is 27.6 Å². The van der Waals surface area contributed by atoms with E-state index in [4.69, 9.17) is 5.11 Å². The highest BCUT2D eigenvalue weighted by molar-refractivity contribution is 4.43. The Morgan fingerprint density at radius 2 is 1.14 bits per heavy atom. The fourth-order valence-electron chi connectivity index (χ4n) is 1.07. The predicted octanol–water partition coefficient (Wildman–Crippen LogP) is 2.91. The summed E-state index contributed by atoms with van der Waals surface area (Å²) in [5.41, 5.74) is 0. The highest BCUT2D eigenvalue weighted by atomic mass is 16.2. The molecule has 0 aromatic carbocycles. The van der Waals surface area contributed by atoms with Gasteiger partial charge in [0.25, 0.3) is 0 Å². The highest BCUT2D eigenvalue weighted by Gasteiger charge is 1.88. The normalized spacial score (nSPS) is 9.86. The predicted molar refractivity (Wildman–Crippen MR) is 64.7 cm³/mol. The Bertz CT molecular complexity index is 73.6. The van der Waals surface area contributed by atoms with Crippen LogP contribution >= 0.6 is 0 Å². The lowest BCUT2D eigenvalue weighted by atomic mass is 10.1. The second-order valence-electron chi connectivity index (χ2n) is 4.19. The average Bonchev–Trinajstić information content (AvgIpc) is 2.10. The first-order valence-corrected chi connectivity index (χ1v) is 5.86. The quantitative estimate of drug-likeness (QED) is 0.643. The molecule has 0 aliphatic carbocycles. The molecule has 0 radical (unpaired) electrons. The molecule has 2 heteroatoms. The third kappa shape index (κ3) is 29.7. The highest BCUT2D eigenvalue weighted by Crippen LogP contribution is 2.05. The van der Waals surface area contributed by atoms with Crippen molar-refractivity contribution in [3.63, 3.8) is 0 Å². The maximum absolute atomic E-state index is 8.47. The molecule has 0 aromatic heterocycles. The molecule has 0 heterocycles. The molecule has 0 saturated carbocycles. The van der Waals surface area contributed by atoms with Gasteiger partial charge in [0.1, 0.15) is 0 Å². The van der Waals surface area contributed by atoms with Crippen molar-refractivity contribution in [2.75, 3.05) is 27.7 Å². The molecular weight excluding hydrogens is 174 g/mol. The van der Waals surface area contributed by atoms with Crippen molar-refractivity contribution in [2.45, 2.75) is 51.9 Å². The van der Waals surface area contributed by atoms with E-state index in [1.165, 1.54) is 38.5 Å². The molecule has 0 aromatic rings. The summed E-state index contributed by atoms with van der Waals surface area (Å²) in [5, 5.41) is 8.47. The second-order valence-corrected chi connectivity index (χ2v) is 4.19. The summed E-state index contributed by atoms with van der Waals surface area (Å²) in [6, 6.07) is 0. The minimum absolute atomic E-state index is 0.369. The fraction of sp³-hybridized carbons (Fsp3) is 1.00. The SMILES string of the molecule is CCCCCCCCCO.CN(C)C. The maximum atomic E-state index is 8.47. The van der Waals surface area contributed by atoms with Gasteiger partial charge in [-0.15, -0.1) is 0 Å². The van der Waals surface area contributed by atoms with E-state index in [0.29, 0.717) is 6.61 Å².